The van der Waals surface area contributed by atoms with Gasteiger partial charge in [-0.15, -0.1) is 0 Å². The van der Waals surface area contributed by atoms with Gasteiger partial charge in [-0.2, -0.15) is 13.2 Å². The van der Waals surface area contributed by atoms with Gasteiger partial charge in [0.15, 0.2) is 5.69 Å². The van der Waals surface area contributed by atoms with Crippen LogP contribution in [0.2, 0.25) is 5.02 Å². The van der Waals surface area contributed by atoms with Gasteiger partial charge in [0.2, 0.25) is 0 Å². The molecule has 0 radical (unpaired) electrons. The molecule has 0 unspecified atom stereocenters. The van der Waals surface area contributed by atoms with Crippen molar-refractivity contribution < 1.29 is 13.2 Å². The van der Waals surface area contributed by atoms with Gasteiger partial charge in [0.05, 0.1) is 5.02 Å². The molecule has 0 bridgehead atoms. The van der Waals surface area contributed by atoms with E-state index in [4.69, 9.17) is 11.6 Å². The molecule has 0 saturated carbocycles. The summed E-state index contributed by atoms with van der Waals surface area (Å²) in [7, 11) is 0. The van der Waals surface area contributed by atoms with Gasteiger partial charge in [-0.1, -0.05) is 41.9 Å². The number of rotatable bonds is 1. The van der Waals surface area contributed by atoms with E-state index in [1.54, 1.807) is 30.3 Å². The lowest BCUT2D eigenvalue weighted by Crippen LogP contribution is -2.10. The molecule has 0 spiro atoms. The first kappa shape index (κ1) is 11.9. The van der Waals surface area contributed by atoms with Crippen LogP contribution in [0.4, 0.5) is 13.2 Å². The fourth-order valence-electron chi connectivity index (χ4n) is 1.53. The number of hydrogen-bond acceptors (Lipinski definition) is 1. The highest BCUT2D eigenvalue weighted by atomic mass is 35.5. The Morgan fingerprint density at radius 2 is 1.65 bits per heavy atom. The third-order valence-corrected chi connectivity index (χ3v) is 2.55. The Morgan fingerprint density at radius 3 is 2.24 bits per heavy atom. The Labute approximate surface area is 101 Å². The van der Waals surface area contributed by atoms with Crippen molar-refractivity contribution in [3.05, 3.63) is 53.3 Å². The zero-order valence-corrected chi connectivity index (χ0v) is 9.26. The Kier molecular flexibility index (Phi) is 3.07. The monoisotopic (exact) mass is 257 g/mol. The number of alkyl halides is 3. The molecule has 1 heterocycles. The minimum absolute atomic E-state index is 0.0403. The first-order valence-electron chi connectivity index (χ1n) is 4.77. The largest absolute Gasteiger partial charge is 0.434 e. The van der Waals surface area contributed by atoms with Crippen LogP contribution in [0.1, 0.15) is 5.69 Å². The van der Waals surface area contributed by atoms with E-state index in [0.717, 1.165) is 6.20 Å². The van der Waals surface area contributed by atoms with E-state index in [0.29, 0.717) is 5.56 Å². The van der Waals surface area contributed by atoms with Gasteiger partial charge >= 0.3 is 6.18 Å². The van der Waals surface area contributed by atoms with E-state index >= 15 is 0 Å². The first-order valence-corrected chi connectivity index (χ1v) is 5.15. The average Bonchev–Trinajstić information content (AvgIpc) is 2.28. The molecule has 0 fully saturated rings. The Balaban J connectivity index is 2.69. The van der Waals surface area contributed by atoms with Gasteiger partial charge in [0.1, 0.15) is 0 Å². The Bertz CT molecular complexity index is 523. The summed E-state index contributed by atoms with van der Waals surface area (Å²) in [5.41, 5.74) is -0.642. The second-order valence-electron chi connectivity index (χ2n) is 3.38. The summed E-state index contributed by atoms with van der Waals surface area (Å²) in [5.74, 6) is 0. The number of pyridine rings is 1. The van der Waals surface area contributed by atoms with Gasteiger partial charge in [-0.05, 0) is 11.6 Å². The van der Waals surface area contributed by atoms with E-state index < -0.39 is 11.9 Å². The van der Waals surface area contributed by atoms with Crippen molar-refractivity contribution in [3.63, 3.8) is 0 Å². The van der Waals surface area contributed by atoms with E-state index in [1.165, 1.54) is 6.07 Å². The summed E-state index contributed by atoms with van der Waals surface area (Å²) >= 11 is 5.83. The fraction of sp³-hybridized carbons (Fsp3) is 0.0833. The number of halogens is 4. The van der Waals surface area contributed by atoms with Gasteiger partial charge in [-0.3, -0.25) is 4.98 Å². The molecule has 0 N–H and O–H groups in total. The molecule has 17 heavy (non-hydrogen) atoms. The van der Waals surface area contributed by atoms with Crippen LogP contribution in [0.3, 0.4) is 0 Å². The van der Waals surface area contributed by atoms with E-state index in [2.05, 4.69) is 4.98 Å². The predicted octanol–water partition coefficient (Wildman–Crippen LogP) is 4.42. The maximum atomic E-state index is 12.8. The molecule has 0 aliphatic rings. The Morgan fingerprint density at radius 1 is 1.00 bits per heavy atom. The van der Waals surface area contributed by atoms with Crippen molar-refractivity contribution in [1.29, 1.82) is 0 Å². The number of nitrogens with zero attached hydrogens (tertiary/aromatic N) is 1. The molecule has 0 saturated heterocycles. The highest BCUT2D eigenvalue weighted by Gasteiger charge is 2.36. The second kappa shape index (κ2) is 4.37. The van der Waals surface area contributed by atoms with Crippen molar-refractivity contribution in [2.24, 2.45) is 0 Å². The minimum atomic E-state index is -4.52. The molecule has 2 rings (SSSR count). The summed E-state index contributed by atoms with van der Waals surface area (Å²) in [4.78, 5) is 3.38. The summed E-state index contributed by atoms with van der Waals surface area (Å²) in [6, 6.07) is 9.51. The minimum Gasteiger partial charge on any atom is -0.251 e. The third-order valence-electron chi connectivity index (χ3n) is 2.23. The number of hydrogen-bond donors (Lipinski definition) is 0. The average molecular weight is 258 g/mol. The van der Waals surface area contributed by atoms with Crippen molar-refractivity contribution in [1.82, 2.24) is 4.98 Å². The van der Waals surface area contributed by atoms with Crippen LogP contribution in [-0.4, -0.2) is 4.98 Å². The molecule has 1 aromatic carbocycles. The summed E-state index contributed by atoms with van der Waals surface area (Å²) in [5, 5.41) is 0.0403. The fourth-order valence-corrected chi connectivity index (χ4v) is 1.79. The highest BCUT2D eigenvalue weighted by molar-refractivity contribution is 6.33. The van der Waals surface area contributed by atoms with Crippen LogP contribution < -0.4 is 0 Å². The van der Waals surface area contributed by atoms with Crippen LogP contribution in [0, 0.1) is 0 Å². The molecule has 0 aliphatic carbocycles. The predicted molar refractivity (Wildman–Crippen MR) is 59.7 cm³/mol. The normalized spacial score (nSPS) is 11.5. The van der Waals surface area contributed by atoms with Crippen LogP contribution in [0.5, 0.6) is 0 Å². The maximum absolute atomic E-state index is 12.8. The van der Waals surface area contributed by atoms with Crippen molar-refractivity contribution in [2.45, 2.75) is 6.18 Å². The van der Waals surface area contributed by atoms with Crippen LogP contribution in [-0.2, 0) is 6.18 Å². The molecule has 5 heteroatoms. The van der Waals surface area contributed by atoms with Gasteiger partial charge in [-0.25, -0.2) is 0 Å². The molecule has 0 amide bonds. The summed E-state index contributed by atoms with van der Waals surface area (Å²) in [6.07, 6.45) is -3.46. The lowest BCUT2D eigenvalue weighted by atomic mass is 10.0. The molecular weight excluding hydrogens is 251 g/mol. The summed E-state index contributed by atoms with van der Waals surface area (Å²) in [6.45, 7) is 0. The van der Waals surface area contributed by atoms with Crippen LogP contribution >= 0.6 is 11.6 Å². The SMILES string of the molecule is FC(F)(F)c1nccc(Cl)c1-c1ccccc1. The third kappa shape index (κ3) is 2.42. The number of benzene rings is 1. The quantitative estimate of drug-likeness (QED) is 0.737. The van der Waals surface area contributed by atoms with E-state index in [9.17, 15) is 13.2 Å². The zero-order chi connectivity index (χ0) is 12.5. The topological polar surface area (TPSA) is 12.9 Å². The standard InChI is InChI=1S/C12H7ClF3N/c13-9-6-7-17-11(12(14,15)16)10(9)8-4-2-1-3-5-8/h1-7H. The molecule has 1 aromatic heterocycles. The zero-order valence-electron chi connectivity index (χ0n) is 8.50. The molecule has 1 nitrogen and oxygen atoms in total. The Hall–Kier alpha value is -1.55. The lowest BCUT2D eigenvalue weighted by molar-refractivity contribution is -0.140. The molecule has 88 valence electrons. The van der Waals surface area contributed by atoms with Gasteiger partial charge < -0.3 is 0 Å². The first-order chi connectivity index (χ1) is 8.00. The second-order valence-corrected chi connectivity index (χ2v) is 3.79. The van der Waals surface area contributed by atoms with E-state index in [-0.39, 0.29) is 10.6 Å². The molecule has 0 atom stereocenters. The molecule has 0 aliphatic heterocycles. The van der Waals surface area contributed by atoms with Crippen molar-refractivity contribution in [2.75, 3.05) is 0 Å². The van der Waals surface area contributed by atoms with Crippen molar-refractivity contribution >= 4 is 11.6 Å². The smallest absolute Gasteiger partial charge is 0.251 e. The van der Waals surface area contributed by atoms with Gasteiger partial charge in [0.25, 0.3) is 0 Å². The van der Waals surface area contributed by atoms with Crippen LogP contribution in [0.25, 0.3) is 11.1 Å². The van der Waals surface area contributed by atoms with E-state index in [1.807, 2.05) is 0 Å². The van der Waals surface area contributed by atoms with Gasteiger partial charge in [0, 0.05) is 11.8 Å². The molecule has 2 aromatic rings. The molecular formula is C12H7ClF3N. The van der Waals surface area contributed by atoms with Crippen molar-refractivity contribution in [3.8, 4) is 11.1 Å². The lowest BCUT2D eigenvalue weighted by Gasteiger charge is -2.12. The highest BCUT2D eigenvalue weighted by Crippen LogP contribution is 2.39. The summed E-state index contributed by atoms with van der Waals surface area (Å²) < 4.78 is 38.4. The number of aromatic nitrogens is 1. The van der Waals surface area contributed by atoms with Crippen LogP contribution in [0.15, 0.2) is 42.6 Å². The maximum Gasteiger partial charge on any atom is 0.434 e.